The van der Waals surface area contributed by atoms with E-state index < -0.39 is 40.3 Å². The number of carbonyl (C=O) groups excluding carboxylic acids is 3. The van der Waals surface area contributed by atoms with Crippen LogP contribution in [-0.4, -0.2) is 41.0 Å². The maximum Gasteiger partial charge on any atom is 0.306 e. The lowest BCUT2D eigenvalue weighted by atomic mass is 9.97. The molecule has 0 aromatic heterocycles. The van der Waals surface area contributed by atoms with Crippen molar-refractivity contribution >= 4 is 57.8 Å². The normalized spacial score (nSPS) is 16.0. The van der Waals surface area contributed by atoms with Crippen molar-refractivity contribution in [1.29, 1.82) is 0 Å². The van der Waals surface area contributed by atoms with Crippen LogP contribution in [0, 0.1) is 0 Å². The molecule has 3 rings (SSSR count). The van der Waals surface area contributed by atoms with Crippen LogP contribution in [0.25, 0.3) is 6.08 Å². The third kappa shape index (κ3) is 7.80. The summed E-state index contributed by atoms with van der Waals surface area (Å²) in [5.41, 5.74) is 1.68. The van der Waals surface area contributed by atoms with Crippen molar-refractivity contribution in [2.75, 3.05) is 11.5 Å². The van der Waals surface area contributed by atoms with Crippen LogP contribution >= 0.6 is 11.6 Å². The minimum absolute atomic E-state index is 0.000157. The summed E-state index contributed by atoms with van der Waals surface area (Å²) in [7, 11) is -4.39. The monoisotopic (exact) mass is 643 g/mol. The van der Waals surface area contributed by atoms with Crippen molar-refractivity contribution in [1.82, 2.24) is 0 Å². The molecule has 1 atom stereocenters. The van der Waals surface area contributed by atoms with E-state index in [-0.39, 0.29) is 23.1 Å². The minimum Gasteiger partial charge on any atom is -0.541 e. The van der Waals surface area contributed by atoms with Crippen LogP contribution in [-0.2, 0) is 19.1 Å². The van der Waals surface area contributed by atoms with E-state index in [2.05, 4.69) is 67.7 Å². The van der Waals surface area contributed by atoms with Gasteiger partial charge in [0.15, 0.2) is 0 Å². The van der Waals surface area contributed by atoms with E-state index in [1.165, 1.54) is 6.08 Å². The van der Waals surface area contributed by atoms with E-state index in [4.69, 9.17) is 25.2 Å². The van der Waals surface area contributed by atoms with E-state index in [9.17, 15) is 14.4 Å². The second-order valence-electron chi connectivity index (χ2n) is 14.0. The summed E-state index contributed by atoms with van der Waals surface area (Å²) >= 11 is 6.21. The number of fused-ring (bicyclic) bond motifs is 1. The number of hydrogen-bond donors (Lipinski definition) is 0. The Hall–Kier alpha value is -2.89. The van der Waals surface area contributed by atoms with Crippen LogP contribution < -0.4 is 13.8 Å². The first kappa shape index (κ1) is 34.6. The molecule has 0 saturated carbocycles. The van der Waals surface area contributed by atoms with Gasteiger partial charge in [-0.05, 0) is 90.7 Å². The van der Waals surface area contributed by atoms with Crippen molar-refractivity contribution in [3.05, 3.63) is 58.6 Å². The average Bonchev–Trinajstić information content (AvgIpc) is 3.12. The summed E-state index contributed by atoms with van der Waals surface area (Å²) in [5, 5.41) is 0.384. The number of nitrogens with zero attached hydrogens (tertiary/aromatic N) is 1. The topological polar surface area (TPSA) is 82.1 Å². The zero-order valence-electron chi connectivity index (χ0n) is 27.4. The number of esters is 1. The maximum atomic E-state index is 13.5. The highest BCUT2D eigenvalue weighted by Gasteiger charge is 2.43. The Bertz CT molecular complexity index is 1420. The third-order valence-electron chi connectivity index (χ3n) is 8.75. The molecule has 1 aliphatic heterocycles. The fourth-order valence-electron chi connectivity index (χ4n) is 4.12. The van der Waals surface area contributed by atoms with Crippen molar-refractivity contribution < 1.29 is 28.0 Å². The summed E-state index contributed by atoms with van der Waals surface area (Å²) in [4.78, 5) is 40.2. The molecule has 0 bridgehead atoms. The van der Waals surface area contributed by atoms with E-state index in [0.717, 1.165) is 10.5 Å². The van der Waals surface area contributed by atoms with Crippen LogP contribution in [0.15, 0.2) is 42.5 Å². The predicted molar refractivity (Wildman–Crippen MR) is 179 cm³/mol. The van der Waals surface area contributed by atoms with Gasteiger partial charge in [-0.2, -0.15) is 0 Å². The van der Waals surface area contributed by atoms with E-state index in [1.807, 2.05) is 18.2 Å². The Morgan fingerprint density at radius 1 is 0.907 bits per heavy atom. The van der Waals surface area contributed by atoms with Gasteiger partial charge in [0.2, 0.25) is 5.91 Å². The number of ether oxygens (including phenoxy) is 1. The van der Waals surface area contributed by atoms with Gasteiger partial charge in [-0.3, -0.25) is 14.4 Å². The predicted octanol–water partition coefficient (Wildman–Crippen LogP) is 8.73. The zero-order chi connectivity index (χ0) is 32.5. The van der Waals surface area contributed by atoms with Gasteiger partial charge in [-0.15, -0.1) is 0 Å². The number of benzene rings is 2. The van der Waals surface area contributed by atoms with Crippen LogP contribution in [0.2, 0.25) is 41.3 Å². The molecule has 1 aliphatic rings. The maximum absolute atomic E-state index is 13.5. The summed E-state index contributed by atoms with van der Waals surface area (Å²) in [6.45, 7) is 23.8. The lowest BCUT2D eigenvalue weighted by molar-refractivity contribution is -0.145. The highest BCUT2D eigenvalue weighted by molar-refractivity contribution is 6.75. The Balaban J connectivity index is 1.97. The molecular formula is C33H46ClNO6Si2. The van der Waals surface area contributed by atoms with E-state index >= 15 is 0 Å². The number of imide groups is 1. The van der Waals surface area contributed by atoms with Crippen LogP contribution in [0.4, 0.5) is 5.69 Å². The molecule has 234 valence electrons. The summed E-state index contributed by atoms with van der Waals surface area (Å²) in [6.07, 6.45) is 2.86. The molecule has 0 saturated heterocycles. The second-order valence-corrected chi connectivity index (χ2v) is 23.9. The Kier molecular flexibility index (Phi) is 10.2. The molecule has 1 heterocycles. The van der Waals surface area contributed by atoms with Crippen LogP contribution in [0.5, 0.6) is 11.5 Å². The smallest absolute Gasteiger partial charge is 0.306 e. The lowest BCUT2D eigenvalue weighted by Gasteiger charge is -2.39. The Morgan fingerprint density at radius 3 is 2.05 bits per heavy atom. The van der Waals surface area contributed by atoms with Gasteiger partial charge in [-0.25, -0.2) is 4.90 Å². The van der Waals surface area contributed by atoms with Crippen molar-refractivity contribution in [2.24, 2.45) is 0 Å². The highest BCUT2D eigenvalue weighted by atomic mass is 35.5. The fraction of sp³-hybridized carbons (Fsp3) is 0.485. The largest absolute Gasteiger partial charge is 0.541 e. The van der Waals surface area contributed by atoms with Gasteiger partial charge in [0.25, 0.3) is 22.5 Å². The van der Waals surface area contributed by atoms with E-state index in [0.29, 0.717) is 27.8 Å². The Labute approximate surface area is 263 Å². The van der Waals surface area contributed by atoms with E-state index in [1.54, 1.807) is 31.2 Å². The lowest BCUT2D eigenvalue weighted by Crippen LogP contribution is -2.45. The van der Waals surface area contributed by atoms with Gasteiger partial charge < -0.3 is 13.6 Å². The second kappa shape index (κ2) is 12.6. The molecule has 2 aromatic carbocycles. The molecule has 0 fully saturated rings. The SMILES string of the molecule is CCOC(=O)CC1C(=O)N(C(=O)C=Cc2ccc(O[Si](C)(C)C(C)(C)C)c(O[Si](C)(C)C(C)(C)C)c2)c2ccc(Cl)cc21. The molecule has 43 heavy (non-hydrogen) atoms. The number of rotatable bonds is 9. The number of carbonyl (C=O) groups is 3. The van der Waals surface area contributed by atoms with Crippen molar-refractivity contribution in [3.63, 3.8) is 0 Å². The first-order valence-electron chi connectivity index (χ1n) is 14.7. The highest BCUT2D eigenvalue weighted by Crippen LogP contribution is 2.44. The van der Waals surface area contributed by atoms with Gasteiger partial charge in [0, 0.05) is 11.1 Å². The first-order chi connectivity index (χ1) is 19.7. The number of halogens is 1. The quantitative estimate of drug-likeness (QED) is 0.154. The van der Waals surface area contributed by atoms with Crippen LogP contribution in [0.3, 0.4) is 0 Å². The zero-order valence-corrected chi connectivity index (χ0v) is 30.1. The molecule has 1 unspecified atom stereocenters. The minimum atomic E-state index is -2.23. The third-order valence-corrected chi connectivity index (χ3v) is 17.7. The summed E-state index contributed by atoms with van der Waals surface area (Å²) in [6, 6.07) is 10.6. The van der Waals surface area contributed by atoms with Gasteiger partial charge >= 0.3 is 5.97 Å². The standard InChI is InChI=1S/C33H46ClNO6Si2/c1-12-39-30(37)21-25-24-20-23(34)15-16-26(24)35(31(25)38)29(36)18-14-22-13-17-27(40-42(8,9)32(2,3)4)28(19-22)41-43(10,11)33(5,6)7/h13-20,25H,12,21H2,1-11H3. The van der Waals surface area contributed by atoms with Gasteiger partial charge in [0.1, 0.15) is 11.5 Å². The Morgan fingerprint density at radius 2 is 1.49 bits per heavy atom. The molecule has 0 N–H and O–H groups in total. The molecular weight excluding hydrogens is 598 g/mol. The summed E-state index contributed by atoms with van der Waals surface area (Å²) in [5.74, 6) is -1.01. The molecule has 0 spiro atoms. The summed E-state index contributed by atoms with van der Waals surface area (Å²) < 4.78 is 18.5. The first-order valence-corrected chi connectivity index (χ1v) is 20.9. The molecule has 0 aliphatic carbocycles. The molecule has 7 nitrogen and oxygen atoms in total. The van der Waals surface area contributed by atoms with Crippen molar-refractivity contribution in [2.45, 2.75) is 97.1 Å². The molecule has 2 aromatic rings. The van der Waals surface area contributed by atoms with Crippen LogP contribution in [0.1, 0.15) is 71.9 Å². The van der Waals surface area contributed by atoms with Gasteiger partial charge in [-0.1, -0.05) is 59.2 Å². The number of anilines is 1. The fourth-order valence-corrected chi connectivity index (χ4v) is 6.34. The number of hydrogen-bond acceptors (Lipinski definition) is 6. The number of amides is 2. The molecule has 0 radical (unpaired) electrons. The molecule has 10 heteroatoms. The van der Waals surface area contributed by atoms with Gasteiger partial charge in [0.05, 0.1) is 24.6 Å². The molecule has 2 amide bonds. The van der Waals surface area contributed by atoms with Crippen molar-refractivity contribution in [3.8, 4) is 11.5 Å². The average molecular weight is 644 g/mol.